The molecule has 140 valence electrons. The monoisotopic (exact) mass is 379 g/mol. The second-order valence-corrected chi connectivity index (χ2v) is 7.67. The number of amides is 1. The van der Waals surface area contributed by atoms with Gasteiger partial charge in [-0.05, 0) is 50.9 Å². The molecule has 0 unspecified atom stereocenters. The topological polar surface area (TPSA) is 84.9 Å². The minimum atomic E-state index is -1.11. The van der Waals surface area contributed by atoms with Crippen LogP contribution < -0.4 is 5.32 Å². The molecule has 1 aromatic rings. The van der Waals surface area contributed by atoms with Crippen molar-refractivity contribution in [2.75, 3.05) is 6.54 Å². The molecule has 1 fully saturated rings. The zero-order chi connectivity index (χ0) is 19.7. The van der Waals surface area contributed by atoms with Crippen molar-refractivity contribution in [3.63, 3.8) is 0 Å². The molecule has 0 spiro atoms. The summed E-state index contributed by atoms with van der Waals surface area (Å²) in [4.78, 5) is 22.6. The molecule has 2 rings (SSSR count). The van der Waals surface area contributed by atoms with E-state index in [0.29, 0.717) is 11.0 Å². The van der Waals surface area contributed by atoms with Crippen molar-refractivity contribution in [3.8, 4) is 0 Å². The summed E-state index contributed by atoms with van der Waals surface area (Å²) in [6, 6.07) is 4.70. The molecular formula is C18H23BClNO5. The van der Waals surface area contributed by atoms with E-state index in [4.69, 9.17) is 20.9 Å². The summed E-state index contributed by atoms with van der Waals surface area (Å²) in [6.45, 7) is 9.40. The lowest BCUT2D eigenvalue weighted by molar-refractivity contribution is -0.118. The van der Waals surface area contributed by atoms with Gasteiger partial charge in [0.2, 0.25) is 5.91 Å². The Bertz CT molecular complexity index is 744. The minimum Gasteiger partial charge on any atom is -0.478 e. The summed E-state index contributed by atoms with van der Waals surface area (Å²) in [7, 11) is -0.657. The Morgan fingerprint density at radius 1 is 1.23 bits per heavy atom. The van der Waals surface area contributed by atoms with Gasteiger partial charge in [0.1, 0.15) is 0 Å². The van der Waals surface area contributed by atoms with Crippen LogP contribution in [-0.2, 0) is 14.1 Å². The Balaban J connectivity index is 2.39. The molecule has 26 heavy (non-hydrogen) atoms. The number of carboxylic acid groups (broad SMARTS) is 1. The van der Waals surface area contributed by atoms with E-state index >= 15 is 0 Å². The molecule has 8 heteroatoms. The van der Waals surface area contributed by atoms with E-state index in [1.54, 1.807) is 12.1 Å². The van der Waals surface area contributed by atoms with Crippen LogP contribution in [0.2, 0.25) is 5.02 Å². The number of carboxylic acids is 1. The van der Waals surface area contributed by atoms with Crippen LogP contribution in [0.3, 0.4) is 0 Å². The maximum absolute atomic E-state index is 11.3. The van der Waals surface area contributed by atoms with Gasteiger partial charge in [-0.2, -0.15) is 0 Å². The Labute approximate surface area is 158 Å². The van der Waals surface area contributed by atoms with Crippen LogP contribution in [0.5, 0.6) is 0 Å². The first-order valence-corrected chi connectivity index (χ1v) is 8.64. The average molecular weight is 380 g/mol. The number of rotatable bonds is 5. The highest BCUT2D eigenvalue weighted by molar-refractivity contribution is 6.56. The van der Waals surface area contributed by atoms with Crippen molar-refractivity contribution in [3.05, 3.63) is 39.8 Å². The normalized spacial score (nSPS) is 18.7. The maximum Gasteiger partial charge on any atom is 0.492 e. The quantitative estimate of drug-likeness (QED) is 0.768. The Morgan fingerprint density at radius 2 is 1.81 bits per heavy atom. The first kappa shape index (κ1) is 20.5. The van der Waals surface area contributed by atoms with Gasteiger partial charge in [-0.3, -0.25) is 4.79 Å². The summed E-state index contributed by atoms with van der Waals surface area (Å²) in [5.74, 6) is -1.29. The first-order valence-electron chi connectivity index (χ1n) is 8.26. The van der Waals surface area contributed by atoms with E-state index in [2.05, 4.69) is 5.32 Å². The zero-order valence-corrected chi connectivity index (χ0v) is 16.3. The molecule has 0 aromatic heterocycles. The van der Waals surface area contributed by atoms with Gasteiger partial charge in [0.05, 0.1) is 21.8 Å². The highest BCUT2D eigenvalue weighted by Crippen LogP contribution is 2.38. The number of carbonyl (C=O) groups is 2. The minimum absolute atomic E-state index is 0.00760. The van der Waals surface area contributed by atoms with Gasteiger partial charge in [-0.15, -0.1) is 0 Å². The summed E-state index contributed by atoms with van der Waals surface area (Å²) in [5.41, 5.74) is 0.255. The molecule has 2 N–H and O–H groups in total. The standard InChI is InChI=1S/C18H23BClNO5/c1-11(22)21-10-13(19-25-17(2,3)18(4,5)26-19)8-12-6-7-15(20)14(9-12)16(23)24/h6-9H,10H2,1-5H3,(H,21,22)(H,23,24). The largest absolute Gasteiger partial charge is 0.492 e. The Kier molecular flexibility index (Phi) is 5.85. The second-order valence-electron chi connectivity index (χ2n) is 7.26. The Morgan fingerprint density at radius 3 is 2.31 bits per heavy atom. The molecule has 1 amide bonds. The van der Waals surface area contributed by atoms with Crippen molar-refractivity contribution in [2.24, 2.45) is 0 Å². The number of nitrogens with one attached hydrogen (secondary N) is 1. The zero-order valence-electron chi connectivity index (χ0n) is 15.6. The third-order valence-electron chi connectivity index (χ3n) is 4.67. The van der Waals surface area contributed by atoms with Crippen molar-refractivity contribution in [1.29, 1.82) is 0 Å². The summed E-state index contributed by atoms with van der Waals surface area (Å²) < 4.78 is 12.1. The van der Waals surface area contributed by atoms with Gasteiger partial charge in [0.25, 0.3) is 0 Å². The van der Waals surface area contributed by atoms with E-state index in [1.165, 1.54) is 19.1 Å². The number of halogens is 1. The van der Waals surface area contributed by atoms with Crippen molar-refractivity contribution >= 4 is 36.7 Å². The first-order chi connectivity index (χ1) is 11.9. The lowest BCUT2D eigenvalue weighted by atomic mass is 9.77. The molecule has 0 radical (unpaired) electrons. The molecule has 0 aliphatic carbocycles. The van der Waals surface area contributed by atoms with E-state index in [0.717, 1.165) is 0 Å². The number of hydrogen-bond acceptors (Lipinski definition) is 4. The highest BCUT2D eigenvalue weighted by atomic mass is 35.5. The van der Waals surface area contributed by atoms with Gasteiger partial charge in [-0.1, -0.05) is 23.7 Å². The summed E-state index contributed by atoms with van der Waals surface area (Å²) in [5, 5.41) is 12.1. The molecule has 0 atom stereocenters. The van der Waals surface area contributed by atoms with Crippen molar-refractivity contribution < 1.29 is 24.0 Å². The van der Waals surface area contributed by atoms with Crippen LogP contribution in [0.1, 0.15) is 50.5 Å². The fourth-order valence-electron chi connectivity index (χ4n) is 2.43. The molecule has 1 aromatic carbocycles. The summed E-state index contributed by atoms with van der Waals surface area (Å²) >= 11 is 5.92. The van der Waals surface area contributed by atoms with Gasteiger partial charge in [0.15, 0.2) is 0 Å². The van der Waals surface area contributed by atoms with E-state index in [9.17, 15) is 14.7 Å². The molecule has 1 aliphatic rings. The third kappa shape index (κ3) is 4.47. The van der Waals surface area contributed by atoms with E-state index in [-0.39, 0.29) is 23.0 Å². The second kappa shape index (κ2) is 7.43. The predicted octanol–water partition coefficient (Wildman–Crippen LogP) is 3.19. The molecule has 0 bridgehead atoms. The van der Waals surface area contributed by atoms with E-state index < -0.39 is 24.3 Å². The fourth-order valence-corrected chi connectivity index (χ4v) is 2.63. The number of benzene rings is 1. The van der Waals surface area contributed by atoms with Gasteiger partial charge < -0.3 is 19.7 Å². The maximum atomic E-state index is 11.3. The molecule has 0 saturated carbocycles. The van der Waals surface area contributed by atoms with Crippen LogP contribution in [0.25, 0.3) is 6.08 Å². The molecule has 1 aliphatic heterocycles. The van der Waals surface area contributed by atoms with Crippen LogP contribution in [0.15, 0.2) is 23.7 Å². The highest BCUT2D eigenvalue weighted by Gasteiger charge is 2.52. The molecule has 1 heterocycles. The van der Waals surface area contributed by atoms with Crippen molar-refractivity contribution in [2.45, 2.75) is 45.8 Å². The molecular weight excluding hydrogens is 356 g/mol. The van der Waals surface area contributed by atoms with Crippen LogP contribution in [0, 0.1) is 0 Å². The lowest BCUT2D eigenvalue weighted by Gasteiger charge is -2.32. The summed E-state index contributed by atoms with van der Waals surface area (Å²) in [6.07, 6.45) is 1.75. The predicted molar refractivity (Wildman–Crippen MR) is 101 cm³/mol. The van der Waals surface area contributed by atoms with Gasteiger partial charge >= 0.3 is 13.1 Å². The van der Waals surface area contributed by atoms with Crippen LogP contribution >= 0.6 is 11.6 Å². The number of hydrogen-bond donors (Lipinski definition) is 2. The van der Waals surface area contributed by atoms with E-state index in [1.807, 2.05) is 27.7 Å². The average Bonchev–Trinajstić information content (AvgIpc) is 2.72. The SMILES string of the molecule is CC(=O)NCC(=Cc1ccc(Cl)c(C(=O)O)c1)B1OC(C)(C)C(C)(C)O1. The Hall–Kier alpha value is -1.83. The smallest absolute Gasteiger partial charge is 0.478 e. The fraction of sp³-hybridized carbons (Fsp3) is 0.444. The lowest BCUT2D eigenvalue weighted by Crippen LogP contribution is -2.41. The van der Waals surface area contributed by atoms with Gasteiger partial charge in [0, 0.05) is 13.5 Å². The van der Waals surface area contributed by atoms with Gasteiger partial charge in [-0.25, -0.2) is 4.79 Å². The van der Waals surface area contributed by atoms with Crippen LogP contribution in [-0.4, -0.2) is 41.8 Å². The number of carbonyl (C=O) groups excluding carboxylic acids is 1. The molecule has 1 saturated heterocycles. The number of aromatic carboxylic acids is 1. The van der Waals surface area contributed by atoms with Crippen molar-refractivity contribution in [1.82, 2.24) is 5.32 Å². The third-order valence-corrected chi connectivity index (χ3v) is 5.00. The van der Waals surface area contributed by atoms with Crippen LogP contribution in [0.4, 0.5) is 0 Å². The molecule has 6 nitrogen and oxygen atoms in total.